The second-order valence-electron chi connectivity index (χ2n) is 2.78. The first-order valence-electron chi connectivity index (χ1n) is 3.87. The van der Waals surface area contributed by atoms with Crippen molar-refractivity contribution >= 4 is 23.2 Å². The first-order chi connectivity index (χ1) is 6.25. The molecular weight excluding hydrogens is 188 g/mol. The molecule has 0 spiro atoms. The van der Waals surface area contributed by atoms with Crippen molar-refractivity contribution in [1.82, 2.24) is 5.43 Å². The van der Waals surface area contributed by atoms with Crippen molar-refractivity contribution in [1.29, 1.82) is 0 Å². The molecule has 4 heteroatoms. The van der Waals surface area contributed by atoms with Gasteiger partial charge in [-0.3, -0.25) is 4.79 Å². The van der Waals surface area contributed by atoms with E-state index in [1.165, 1.54) is 0 Å². The first-order valence-corrected chi connectivity index (χ1v) is 4.25. The van der Waals surface area contributed by atoms with Gasteiger partial charge in [0.1, 0.15) is 0 Å². The summed E-state index contributed by atoms with van der Waals surface area (Å²) >= 11 is 5.72. The minimum absolute atomic E-state index is 0.0649. The van der Waals surface area contributed by atoms with Gasteiger partial charge in [-0.25, -0.2) is 5.43 Å². The van der Waals surface area contributed by atoms with Crippen LogP contribution in [0.1, 0.15) is 12.0 Å². The molecule has 1 amide bonds. The summed E-state index contributed by atoms with van der Waals surface area (Å²) in [5.41, 5.74) is 4.10. The van der Waals surface area contributed by atoms with Crippen molar-refractivity contribution in [2.45, 2.75) is 6.42 Å². The van der Waals surface area contributed by atoms with Gasteiger partial charge in [0.25, 0.3) is 0 Å². The summed E-state index contributed by atoms with van der Waals surface area (Å²) in [5.74, 6) is -0.0649. The third kappa shape index (κ3) is 1.70. The average Bonchev–Trinajstić information content (AvgIpc) is 2.53. The van der Waals surface area contributed by atoms with Crippen molar-refractivity contribution in [3.8, 4) is 0 Å². The first kappa shape index (κ1) is 8.26. The molecule has 0 saturated heterocycles. The predicted molar refractivity (Wildman–Crippen MR) is 50.7 cm³/mol. The number of carbonyl (C=O) groups is 1. The highest BCUT2D eigenvalue weighted by Crippen LogP contribution is 2.13. The molecule has 13 heavy (non-hydrogen) atoms. The van der Waals surface area contributed by atoms with Gasteiger partial charge in [-0.2, -0.15) is 5.10 Å². The molecule has 66 valence electrons. The molecule has 0 saturated carbocycles. The minimum Gasteiger partial charge on any atom is -0.273 e. The maximum absolute atomic E-state index is 10.8. The van der Waals surface area contributed by atoms with Gasteiger partial charge in [0, 0.05) is 5.02 Å². The summed E-state index contributed by atoms with van der Waals surface area (Å²) in [6.45, 7) is 0. The number of nitrogens with zero attached hydrogens (tertiary/aromatic N) is 1. The summed E-state index contributed by atoms with van der Waals surface area (Å²) < 4.78 is 0. The van der Waals surface area contributed by atoms with Crippen molar-refractivity contribution in [3.05, 3.63) is 34.9 Å². The van der Waals surface area contributed by atoms with Gasteiger partial charge in [0.15, 0.2) is 0 Å². The van der Waals surface area contributed by atoms with E-state index in [2.05, 4.69) is 10.5 Å². The molecule has 1 aliphatic heterocycles. The molecule has 1 aromatic rings. The molecule has 0 fully saturated rings. The summed E-state index contributed by atoms with van der Waals surface area (Å²) in [6.07, 6.45) is 0.349. The number of hydrazone groups is 1. The molecule has 0 aromatic heterocycles. The van der Waals surface area contributed by atoms with E-state index in [0.717, 1.165) is 11.3 Å². The highest BCUT2D eigenvalue weighted by molar-refractivity contribution is 6.30. The van der Waals surface area contributed by atoms with Crippen LogP contribution < -0.4 is 5.43 Å². The Morgan fingerprint density at radius 1 is 1.31 bits per heavy atom. The van der Waals surface area contributed by atoms with Crippen LogP contribution in [0.15, 0.2) is 29.4 Å². The lowest BCUT2D eigenvalue weighted by atomic mass is 10.1. The topological polar surface area (TPSA) is 41.5 Å². The van der Waals surface area contributed by atoms with Gasteiger partial charge in [0.05, 0.1) is 12.1 Å². The summed E-state index contributed by atoms with van der Waals surface area (Å²) in [5, 5.41) is 4.57. The van der Waals surface area contributed by atoms with Gasteiger partial charge in [-0.05, 0) is 17.7 Å². The Hall–Kier alpha value is -1.35. The average molecular weight is 195 g/mol. The van der Waals surface area contributed by atoms with Gasteiger partial charge >= 0.3 is 0 Å². The van der Waals surface area contributed by atoms with E-state index < -0.39 is 0 Å². The smallest absolute Gasteiger partial charge is 0.246 e. The number of halogens is 1. The third-order valence-corrected chi connectivity index (χ3v) is 2.07. The lowest BCUT2D eigenvalue weighted by Crippen LogP contribution is -2.09. The molecule has 0 unspecified atom stereocenters. The second kappa shape index (κ2) is 3.18. The lowest BCUT2D eigenvalue weighted by molar-refractivity contribution is -0.119. The molecule has 1 heterocycles. The van der Waals surface area contributed by atoms with Crippen LogP contribution in [0.2, 0.25) is 5.02 Å². The third-order valence-electron chi connectivity index (χ3n) is 1.82. The molecule has 1 aliphatic rings. The van der Waals surface area contributed by atoms with Crippen LogP contribution in [0.5, 0.6) is 0 Å². The summed E-state index contributed by atoms with van der Waals surface area (Å²) in [7, 11) is 0. The molecule has 1 aromatic carbocycles. The maximum Gasteiger partial charge on any atom is 0.246 e. The van der Waals surface area contributed by atoms with Crippen LogP contribution in [0.25, 0.3) is 0 Å². The Labute approximate surface area is 80.4 Å². The van der Waals surface area contributed by atoms with Crippen LogP contribution in [0, 0.1) is 0 Å². The van der Waals surface area contributed by atoms with Gasteiger partial charge in [0.2, 0.25) is 5.91 Å². The van der Waals surface area contributed by atoms with Crippen molar-refractivity contribution in [2.75, 3.05) is 0 Å². The zero-order valence-electron chi connectivity index (χ0n) is 6.75. The number of rotatable bonds is 1. The Bertz CT molecular complexity index is 370. The zero-order valence-corrected chi connectivity index (χ0v) is 7.51. The number of hydrogen-bond acceptors (Lipinski definition) is 2. The van der Waals surface area contributed by atoms with Gasteiger partial charge < -0.3 is 0 Å². The number of carbonyl (C=O) groups excluding carboxylic acids is 1. The van der Waals surface area contributed by atoms with E-state index in [9.17, 15) is 4.79 Å². The van der Waals surface area contributed by atoms with E-state index in [1.54, 1.807) is 12.1 Å². The fourth-order valence-corrected chi connectivity index (χ4v) is 1.30. The Kier molecular flexibility index (Phi) is 2.02. The normalized spacial score (nSPS) is 15.5. The number of benzene rings is 1. The summed E-state index contributed by atoms with van der Waals surface area (Å²) in [4.78, 5) is 10.8. The highest BCUT2D eigenvalue weighted by Gasteiger charge is 2.15. The van der Waals surface area contributed by atoms with Crippen LogP contribution in [0.3, 0.4) is 0 Å². The van der Waals surface area contributed by atoms with Crippen molar-refractivity contribution < 1.29 is 4.79 Å². The van der Waals surface area contributed by atoms with Gasteiger partial charge in [-0.15, -0.1) is 0 Å². The fraction of sp³-hybridized carbons (Fsp3) is 0.111. The van der Waals surface area contributed by atoms with E-state index in [-0.39, 0.29) is 5.91 Å². The van der Waals surface area contributed by atoms with Crippen LogP contribution in [-0.4, -0.2) is 11.6 Å². The van der Waals surface area contributed by atoms with Crippen LogP contribution in [-0.2, 0) is 4.79 Å². The van der Waals surface area contributed by atoms with E-state index in [0.29, 0.717) is 11.4 Å². The van der Waals surface area contributed by atoms with Crippen molar-refractivity contribution in [2.24, 2.45) is 5.10 Å². The molecule has 0 aliphatic carbocycles. The number of nitrogens with one attached hydrogen (secondary N) is 1. The largest absolute Gasteiger partial charge is 0.273 e. The number of amides is 1. The molecule has 2 rings (SSSR count). The monoisotopic (exact) mass is 194 g/mol. The van der Waals surface area contributed by atoms with Gasteiger partial charge in [-0.1, -0.05) is 23.7 Å². The van der Waals surface area contributed by atoms with E-state index >= 15 is 0 Å². The van der Waals surface area contributed by atoms with Crippen molar-refractivity contribution in [3.63, 3.8) is 0 Å². The number of hydrogen-bond donors (Lipinski definition) is 1. The standard InChI is InChI=1S/C9H7ClN2O/c10-7-3-1-6(2-4-7)8-5-9(13)12-11-8/h1-4H,5H2,(H,12,13). The van der Waals surface area contributed by atoms with Crippen LogP contribution >= 0.6 is 11.6 Å². The van der Waals surface area contributed by atoms with E-state index in [4.69, 9.17) is 11.6 Å². The fourth-order valence-electron chi connectivity index (χ4n) is 1.17. The maximum atomic E-state index is 10.8. The molecule has 1 N–H and O–H groups in total. The SMILES string of the molecule is O=C1CC(c2ccc(Cl)cc2)=NN1. The van der Waals surface area contributed by atoms with E-state index in [1.807, 2.05) is 12.1 Å². The van der Waals surface area contributed by atoms with Crippen LogP contribution in [0.4, 0.5) is 0 Å². The quantitative estimate of drug-likeness (QED) is 0.725. The Morgan fingerprint density at radius 3 is 2.54 bits per heavy atom. The summed E-state index contributed by atoms with van der Waals surface area (Å²) in [6, 6.07) is 7.26. The molecule has 0 radical (unpaired) electrons. The minimum atomic E-state index is -0.0649. The highest BCUT2D eigenvalue weighted by atomic mass is 35.5. The lowest BCUT2D eigenvalue weighted by Gasteiger charge is -1.97. The second-order valence-corrected chi connectivity index (χ2v) is 3.21. The predicted octanol–water partition coefficient (Wildman–Crippen LogP) is 1.56. The Morgan fingerprint density at radius 2 is 2.00 bits per heavy atom. The molecule has 3 nitrogen and oxygen atoms in total. The molecular formula is C9H7ClN2O. The molecule has 0 bridgehead atoms. The Balaban J connectivity index is 2.27. The zero-order chi connectivity index (χ0) is 9.26. The molecule has 0 atom stereocenters.